The molecule has 0 aliphatic carbocycles. The van der Waals surface area contributed by atoms with Crippen molar-refractivity contribution in [1.29, 1.82) is 0 Å². The van der Waals surface area contributed by atoms with E-state index in [2.05, 4.69) is 56.2 Å². The van der Waals surface area contributed by atoms with Gasteiger partial charge in [0, 0.05) is 29.4 Å². The van der Waals surface area contributed by atoms with E-state index in [9.17, 15) is 0 Å². The second-order valence-corrected chi connectivity index (χ2v) is 6.55. The fourth-order valence-corrected chi connectivity index (χ4v) is 2.88. The third-order valence-electron chi connectivity index (χ3n) is 3.35. The lowest BCUT2D eigenvalue weighted by Gasteiger charge is -2.14. The Labute approximate surface area is 131 Å². The van der Waals surface area contributed by atoms with Gasteiger partial charge in [0.25, 0.3) is 0 Å². The van der Waals surface area contributed by atoms with Crippen molar-refractivity contribution in [2.75, 3.05) is 6.61 Å². The number of aryl methyl sites for hydroxylation is 2. The first kappa shape index (κ1) is 16.0. The maximum atomic E-state index is 5.99. The van der Waals surface area contributed by atoms with Crippen molar-refractivity contribution in [3.05, 3.63) is 45.4 Å². The van der Waals surface area contributed by atoms with Crippen LogP contribution in [0.1, 0.15) is 35.5 Å². The third kappa shape index (κ3) is 4.83. The Kier molecular flexibility index (Phi) is 5.76. The van der Waals surface area contributed by atoms with Crippen LogP contribution in [0.15, 0.2) is 23.7 Å². The van der Waals surface area contributed by atoms with Crippen LogP contribution in [0.5, 0.6) is 5.75 Å². The SMILES string of the molecule is Cc1ccc(OCCc2scnc2C)c(CNC(C)C)c1. The van der Waals surface area contributed by atoms with Gasteiger partial charge in [0.15, 0.2) is 0 Å². The highest BCUT2D eigenvalue weighted by molar-refractivity contribution is 7.09. The second kappa shape index (κ2) is 7.57. The van der Waals surface area contributed by atoms with E-state index in [4.69, 9.17) is 4.74 Å². The maximum absolute atomic E-state index is 5.99. The number of hydrogen-bond donors (Lipinski definition) is 1. The lowest BCUT2D eigenvalue weighted by atomic mass is 10.1. The zero-order valence-electron chi connectivity index (χ0n) is 13.3. The molecule has 0 atom stereocenters. The topological polar surface area (TPSA) is 34.1 Å². The summed E-state index contributed by atoms with van der Waals surface area (Å²) in [7, 11) is 0. The summed E-state index contributed by atoms with van der Waals surface area (Å²) in [6, 6.07) is 6.85. The summed E-state index contributed by atoms with van der Waals surface area (Å²) in [5.74, 6) is 0.982. The molecule has 4 heteroatoms. The van der Waals surface area contributed by atoms with Gasteiger partial charge in [-0.15, -0.1) is 11.3 Å². The van der Waals surface area contributed by atoms with Crippen LogP contribution in [0.2, 0.25) is 0 Å². The molecule has 1 heterocycles. The fourth-order valence-electron chi connectivity index (χ4n) is 2.12. The van der Waals surface area contributed by atoms with E-state index < -0.39 is 0 Å². The molecular formula is C17H24N2OS. The molecule has 114 valence electrons. The average molecular weight is 304 g/mol. The number of nitrogens with zero attached hydrogens (tertiary/aromatic N) is 1. The molecule has 0 saturated carbocycles. The van der Waals surface area contributed by atoms with Gasteiger partial charge in [-0.1, -0.05) is 31.5 Å². The number of benzene rings is 1. The number of hydrogen-bond acceptors (Lipinski definition) is 4. The molecule has 0 saturated heterocycles. The van der Waals surface area contributed by atoms with Crippen LogP contribution in [-0.2, 0) is 13.0 Å². The van der Waals surface area contributed by atoms with E-state index in [1.54, 1.807) is 11.3 Å². The predicted octanol–water partition coefficient (Wildman–Crippen LogP) is 3.88. The van der Waals surface area contributed by atoms with Crippen LogP contribution in [0.4, 0.5) is 0 Å². The van der Waals surface area contributed by atoms with E-state index in [-0.39, 0.29) is 0 Å². The van der Waals surface area contributed by atoms with Gasteiger partial charge >= 0.3 is 0 Å². The Morgan fingerprint density at radius 3 is 2.76 bits per heavy atom. The molecule has 0 bridgehead atoms. The van der Waals surface area contributed by atoms with Gasteiger partial charge in [-0.3, -0.25) is 0 Å². The van der Waals surface area contributed by atoms with Crippen LogP contribution in [-0.4, -0.2) is 17.6 Å². The number of rotatable bonds is 7. The summed E-state index contributed by atoms with van der Waals surface area (Å²) in [4.78, 5) is 5.58. The summed E-state index contributed by atoms with van der Waals surface area (Å²) in [5.41, 5.74) is 5.51. The van der Waals surface area contributed by atoms with Crippen molar-refractivity contribution in [2.24, 2.45) is 0 Å². The summed E-state index contributed by atoms with van der Waals surface area (Å²) in [5, 5.41) is 3.45. The zero-order valence-corrected chi connectivity index (χ0v) is 14.1. The van der Waals surface area contributed by atoms with Gasteiger partial charge < -0.3 is 10.1 Å². The van der Waals surface area contributed by atoms with Gasteiger partial charge in [-0.2, -0.15) is 0 Å². The van der Waals surface area contributed by atoms with E-state index in [1.165, 1.54) is 16.0 Å². The zero-order chi connectivity index (χ0) is 15.2. The molecule has 21 heavy (non-hydrogen) atoms. The third-order valence-corrected chi connectivity index (χ3v) is 4.34. The normalized spacial score (nSPS) is 11.1. The fraction of sp³-hybridized carbons (Fsp3) is 0.471. The largest absolute Gasteiger partial charge is 0.493 e. The van der Waals surface area contributed by atoms with E-state index >= 15 is 0 Å². The minimum Gasteiger partial charge on any atom is -0.493 e. The Balaban J connectivity index is 1.96. The van der Waals surface area contributed by atoms with Crippen LogP contribution in [0.3, 0.4) is 0 Å². The maximum Gasteiger partial charge on any atom is 0.123 e. The second-order valence-electron chi connectivity index (χ2n) is 5.61. The van der Waals surface area contributed by atoms with Gasteiger partial charge in [-0.05, 0) is 19.9 Å². The smallest absolute Gasteiger partial charge is 0.123 e. The van der Waals surface area contributed by atoms with Crippen molar-refractivity contribution >= 4 is 11.3 Å². The molecule has 0 unspecified atom stereocenters. The molecule has 0 amide bonds. The highest BCUT2D eigenvalue weighted by Gasteiger charge is 2.07. The number of nitrogens with one attached hydrogen (secondary N) is 1. The molecule has 0 aliphatic heterocycles. The van der Waals surface area contributed by atoms with Crippen molar-refractivity contribution in [2.45, 2.75) is 46.7 Å². The molecule has 0 radical (unpaired) electrons. The van der Waals surface area contributed by atoms with Gasteiger partial charge in [-0.25, -0.2) is 4.98 Å². The first-order valence-corrected chi connectivity index (χ1v) is 8.29. The number of thiazole rings is 1. The first-order chi connectivity index (χ1) is 10.1. The Bertz CT molecular complexity index is 578. The summed E-state index contributed by atoms with van der Waals surface area (Å²) in [6.07, 6.45) is 0.918. The van der Waals surface area contributed by atoms with E-state index in [0.29, 0.717) is 12.6 Å². The first-order valence-electron chi connectivity index (χ1n) is 7.41. The van der Waals surface area contributed by atoms with Crippen LogP contribution < -0.4 is 10.1 Å². The number of aromatic nitrogens is 1. The lowest BCUT2D eigenvalue weighted by molar-refractivity contribution is 0.318. The van der Waals surface area contributed by atoms with Crippen molar-refractivity contribution in [3.63, 3.8) is 0 Å². The Morgan fingerprint density at radius 1 is 1.29 bits per heavy atom. The van der Waals surface area contributed by atoms with Crippen molar-refractivity contribution in [3.8, 4) is 5.75 Å². The van der Waals surface area contributed by atoms with Crippen LogP contribution in [0, 0.1) is 13.8 Å². The Morgan fingerprint density at radius 2 is 2.10 bits per heavy atom. The number of ether oxygens (including phenoxy) is 1. The summed E-state index contributed by atoms with van der Waals surface area (Å²) >= 11 is 1.70. The van der Waals surface area contributed by atoms with E-state index in [1.807, 2.05) is 5.51 Å². The monoisotopic (exact) mass is 304 g/mol. The van der Waals surface area contributed by atoms with Gasteiger partial charge in [0.2, 0.25) is 0 Å². The quantitative estimate of drug-likeness (QED) is 0.843. The highest BCUT2D eigenvalue weighted by Crippen LogP contribution is 2.21. The molecule has 1 N–H and O–H groups in total. The standard InChI is InChI=1S/C17H24N2OS/c1-12(2)18-10-15-9-13(3)5-6-16(15)20-8-7-17-14(4)19-11-21-17/h5-6,9,11-12,18H,7-8,10H2,1-4H3. The molecule has 1 aromatic carbocycles. The van der Waals surface area contributed by atoms with Crippen LogP contribution in [0.25, 0.3) is 0 Å². The summed E-state index contributed by atoms with van der Waals surface area (Å²) in [6.45, 7) is 10.0. The molecular weight excluding hydrogens is 280 g/mol. The molecule has 0 aliphatic rings. The summed E-state index contributed by atoms with van der Waals surface area (Å²) < 4.78 is 5.99. The van der Waals surface area contributed by atoms with Gasteiger partial charge in [0.05, 0.1) is 17.8 Å². The van der Waals surface area contributed by atoms with E-state index in [0.717, 1.165) is 24.4 Å². The minimum atomic E-state index is 0.471. The molecule has 1 aromatic heterocycles. The molecule has 2 rings (SSSR count). The Hall–Kier alpha value is -1.39. The van der Waals surface area contributed by atoms with Crippen LogP contribution >= 0.6 is 11.3 Å². The predicted molar refractivity (Wildman–Crippen MR) is 89.2 cm³/mol. The lowest BCUT2D eigenvalue weighted by Crippen LogP contribution is -2.22. The molecule has 0 fully saturated rings. The van der Waals surface area contributed by atoms with Gasteiger partial charge in [0.1, 0.15) is 5.75 Å². The molecule has 2 aromatic rings. The molecule has 0 spiro atoms. The van der Waals surface area contributed by atoms with Crippen molar-refractivity contribution in [1.82, 2.24) is 10.3 Å². The average Bonchev–Trinajstić information content (AvgIpc) is 2.84. The minimum absolute atomic E-state index is 0.471. The van der Waals surface area contributed by atoms with Crippen molar-refractivity contribution < 1.29 is 4.74 Å². The molecule has 3 nitrogen and oxygen atoms in total. The highest BCUT2D eigenvalue weighted by atomic mass is 32.1.